The number of oxazole rings is 1. The summed E-state index contributed by atoms with van der Waals surface area (Å²) in [5.74, 6) is 0.339. The lowest BCUT2D eigenvalue weighted by molar-refractivity contribution is 0.0860. The summed E-state index contributed by atoms with van der Waals surface area (Å²) in [6, 6.07) is 8.96. The highest BCUT2D eigenvalue weighted by Gasteiger charge is 2.28. The Morgan fingerprint density at radius 3 is 2.86 bits per heavy atom. The summed E-state index contributed by atoms with van der Waals surface area (Å²) in [5, 5.41) is 3.02. The zero-order chi connectivity index (χ0) is 19.3. The van der Waals surface area contributed by atoms with Gasteiger partial charge in [0.05, 0.1) is 0 Å². The molecule has 1 aromatic heterocycles. The Balaban J connectivity index is 1.41. The highest BCUT2D eigenvalue weighted by Crippen LogP contribution is 2.30. The number of carbonyl (C=O) groups excluding carboxylic acids is 1. The van der Waals surface area contributed by atoms with Gasteiger partial charge in [-0.25, -0.2) is 4.98 Å². The first-order valence-corrected chi connectivity index (χ1v) is 10.4. The quantitative estimate of drug-likeness (QED) is 0.821. The van der Waals surface area contributed by atoms with Crippen molar-refractivity contribution >= 4 is 5.91 Å². The minimum absolute atomic E-state index is 0.156. The van der Waals surface area contributed by atoms with E-state index in [9.17, 15) is 4.79 Å². The molecule has 6 heteroatoms. The summed E-state index contributed by atoms with van der Waals surface area (Å²) >= 11 is 0. The number of likely N-dealkylation sites (tertiary alicyclic amines) is 1. The third kappa shape index (κ3) is 4.28. The van der Waals surface area contributed by atoms with Crippen LogP contribution >= 0.6 is 0 Å². The molecular formula is C22H29N3O3. The molecular weight excluding hydrogens is 354 g/mol. The van der Waals surface area contributed by atoms with Gasteiger partial charge in [-0.05, 0) is 50.3 Å². The summed E-state index contributed by atoms with van der Waals surface area (Å²) in [6.07, 6.45) is 6.87. The molecule has 28 heavy (non-hydrogen) atoms. The number of amides is 1. The minimum atomic E-state index is -0.208. The van der Waals surface area contributed by atoms with Gasteiger partial charge in [0.1, 0.15) is 6.10 Å². The predicted octanol–water partition coefficient (Wildman–Crippen LogP) is 3.83. The maximum absolute atomic E-state index is 12.7. The zero-order valence-electron chi connectivity index (χ0n) is 16.5. The molecule has 2 atom stereocenters. The van der Waals surface area contributed by atoms with Crippen LogP contribution in [0.5, 0.6) is 0 Å². The molecule has 0 aliphatic carbocycles. The highest BCUT2D eigenvalue weighted by molar-refractivity contribution is 5.93. The van der Waals surface area contributed by atoms with Gasteiger partial charge in [0.2, 0.25) is 0 Å². The topological polar surface area (TPSA) is 67.6 Å². The molecule has 2 saturated heterocycles. The van der Waals surface area contributed by atoms with Crippen LogP contribution in [-0.4, -0.2) is 35.0 Å². The van der Waals surface area contributed by atoms with E-state index in [1.807, 2.05) is 6.07 Å². The van der Waals surface area contributed by atoms with E-state index in [0.717, 1.165) is 31.5 Å². The van der Waals surface area contributed by atoms with Crippen LogP contribution in [0.2, 0.25) is 0 Å². The van der Waals surface area contributed by atoms with Crippen LogP contribution in [0, 0.1) is 0 Å². The van der Waals surface area contributed by atoms with Crippen molar-refractivity contribution < 1.29 is 13.9 Å². The molecule has 0 spiro atoms. The Bertz CT molecular complexity index is 798. The number of aromatic nitrogens is 1. The van der Waals surface area contributed by atoms with Crippen molar-refractivity contribution in [2.24, 2.45) is 0 Å². The van der Waals surface area contributed by atoms with Crippen molar-refractivity contribution in [3.63, 3.8) is 0 Å². The minimum Gasteiger partial charge on any atom is -0.445 e. The third-order valence-electron chi connectivity index (χ3n) is 5.90. The molecule has 2 fully saturated rings. The molecule has 0 bridgehead atoms. The second-order valence-electron chi connectivity index (χ2n) is 7.83. The van der Waals surface area contributed by atoms with Crippen LogP contribution in [0.1, 0.15) is 72.5 Å². The van der Waals surface area contributed by atoms with Gasteiger partial charge in [-0.15, -0.1) is 0 Å². The van der Waals surface area contributed by atoms with E-state index in [4.69, 9.17) is 9.15 Å². The fourth-order valence-electron chi connectivity index (χ4n) is 4.19. The number of ether oxygens (including phenoxy) is 1. The van der Waals surface area contributed by atoms with Gasteiger partial charge in [-0.1, -0.05) is 30.7 Å². The van der Waals surface area contributed by atoms with Crippen LogP contribution in [0.15, 0.2) is 35.1 Å². The average Bonchev–Trinajstić information content (AvgIpc) is 3.40. The monoisotopic (exact) mass is 383 g/mol. The van der Waals surface area contributed by atoms with Crippen LogP contribution in [0.3, 0.4) is 0 Å². The van der Waals surface area contributed by atoms with Crippen molar-refractivity contribution in [2.75, 3.05) is 13.2 Å². The second-order valence-corrected chi connectivity index (χ2v) is 7.83. The van der Waals surface area contributed by atoms with Gasteiger partial charge in [-0.2, -0.15) is 0 Å². The predicted molar refractivity (Wildman–Crippen MR) is 106 cm³/mol. The lowest BCUT2D eigenvalue weighted by atomic mass is 10.0. The largest absolute Gasteiger partial charge is 0.445 e. The molecule has 4 rings (SSSR count). The molecule has 2 aromatic rings. The first kappa shape index (κ1) is 19.2. The van der Waals surface area contributed by atoms with Crippen molar-refractivity contribution in [3.8, 4) is 0 Å². The van der Waals surface area contributed by atoms with E-state index < -0.39 is 0 Å². The molecule has 3 heterocycles. The first-order valence-electron chi connectivity index (χ1n) is 10.4. The van der Waals surface area contributed by atoms with E-state index >= 15 is 0 Å². The van der Waals surface area contributed by atoms with E-state index in [0.29, 0.717) is 30.6 Å². The molecule has 1 aromatic carbocycles. The van der Waals surface area contributed by atoms with Gasteiger partial charge >= 0.3 is 0 Å². The number of hydrogen-bond acceptors (Lipinski definition) is 5. The molecule has 150 valence electrons. The number of rotatable bonds is 6. The van der Waals surface area contributed by atoms with Crippen molar-refractivity contribution in [2.45, 2.75) is 64.3 Å². The van der Waals surface area contributed by atoms with Crippen LogP contribution < -0.4 is 5.32 Å². The van der Waals surface area contributed by atoms with Crippen LogP contribution in [0.25, 0.3) is 0 Å². The third-order valence-corrected chi connectivity index (χ3v) is 5.90. The molecule has 2 aliphatic rings. The number of carbonyl (C=O) groups is 1. The lowest BCUT2D eigenvalue weighted by Crippen LogP contribution is -2.37. The summed E-state index contributed by atoms with van der Waals surface area (Å²) in [4.78, 5) is 19.4. The van der Waals surface area contributed by atoms with Crippen molar-refractivity contribution in [3.05, 3.63) is 53.2 Å². The van der Waals surface area contributed by atoms with E-state index in [1.165, 1.54) is 31.2 Å². The zero-order valence-corrected chi connectivity index (χ0v) is 16.5. The summed E-state index contributed by atoms with van der Waals surface area (Å²) in [7, 11) is 0. The Hall–Kier alpha value is -2.18. The highest BCUT2D eigenvalue weighted by atomic mass is 16.5. The van der Waals surface area contributed by atoms with Gasteiger partial charge in [0.25, 0.3) is 5.91 Å². The molecule has 2 unspecified atom stereocenters. The summed E-state index contributed by atoms with van der Waals surface area (Å²) in [6.45, 7) is 5.56. The number of nitrogens with one attached hydrogen (secondary N) is 1. The molecule has 0 saturated carbocycles. The maximum Gasteiger partial charge on any atom is 0.273 e. The van der Waals surface area contributed by atoms with Crippen molar-refractivity contribution in [1.29, 1.82) is 0 Å². The normalized spacial score (nSPS) is 23.0. The Morgan fingerprint density at radius 2 is 2.07 bits per heavy atom. The molecule has 1 amide bonds. The Morgan fingerprint density at radius 1 is 1.21 bits per heavy atom. The number of piperidine rings is 1. The van der Waals surface area contributed by atoms with Gasteiger partial charge in [-0.3, -0.25) is 9.69 Å². The molecule has 0 radical (unpaired) electrons. The Labute approximate surface area is 166 Å². The SMILES string of the molecule is CC1CCCCN1Cc1ccccc1CNC(=O)c1ncoc1C1CCCO1. The fourth-order valence-corrected chi connectivity index (χ4v) is 4.19. The first-order chi connectivity index (χ1) is 13.7. The van der Waals surface area contributed by atoms with Gasteiger partial charge in [0.15, 0.2) is 17.8 Å². The van der Waals surface area contributed by atoms with Crippen LogP contribution in [-0.2, 0) is 17.8 Å². The van der Waals surface area contributed by atoms with E-state index in [1.54, 1.807) is 0 Å². The van der Waals surface area contributed by atoms with Crippen molar-refractivity contribution in [1.82, 2.24) is 15.2 Å². The number of benzene rings is 1. The molecule has 1 N–H and O–H groups in total. The van der Waals surface area contributed by atoms with E-state index in [-0.39, 0.29) is 12.0 Å². The van der Waals surface area contributed by atoms with Crippen LogP contribution in [0.4, 0.5) is 0 Å². The van der Waals surface area contributed by atoms with E-state index in [2.05, 4.69) is 40.3 Å². The standard InChI is InChI=1S/C22H29N3O3/c1-16-7-4-5-11-25(16)14-18-9-3-2-8-17(18)13-23-22(26)20-21(28-15-24-20)19-10-6-12-27-19/h2-3,8-9,15-16,19H,4-7,10-14H2,1H3,(H,23,26). The second kappa shape index (κ2) is 8.88. The fraction of sp³-hybridized carbons (Fsp3) is 0.545. The average molecular weight is 383 g/mol. The maximum atomic E-state index is 12.7. The van der Waals surface area contributed by atoms with Gasteiger partial charge < -0.3 is 14.5 Å². The van der Waals surface area contributed by atoms with Gasteiger partial charge in [0, 0.05) is 25.7 Å². The molecule has 6 nitrogen and oxygen atoms in total. The molecule has 2 aliphatic heterocycles. The smallest absolute Gasteiger partial charge is 0.273 e. The summed E-state index contributed by atoms with van der Waals surface area (Å²) in [5.41, 5.74) is 2.76. The number of hydrogen-bond donors (Lipinski definition) is 1. The summed E-state index contributed by atoms with van der Waals surface area (Å²) < 4.78 is 11.1. The number of nitrogens with zero attached hydrogens (tertiary/aromatic N) is 2. The lowest BCUT2D eigenvalue weighted by Gasteiger charge is -2.33. The Kier molecular flexibility index (Phi) is 6.07.